The Morgan fingerprint density at radius 3 is 2.22 bits per heavy atom. The molecule has 3 aromatic carbocycles. The fraction of sp³-hybridized carbons (Fsp3) is 0.0500. The van der Waals surface area contributed by atoms with Crippen molar-refractivity contribution in [2.45, 2.75) is 6.54 Å². The molecule has 0 spiro atoms. The molecule has 0 aliphatic heterocycles. The van der Waals surface area contributed by atoms with Gasteiger partial charge in [-0.3, -0.25) is 0 Å². The molecule has 3 rings (SSSR count). The van der Waals surface area contributed by atoms with Crippen molar-refractivity contribution in [2.75, 3.05) is 5.32 Å². The van der Waals surface area contributed by atoms with Gasteiger partial charge in [-0.25, -0.2) is 4.79 Å². The van der Waals surface area contributed by atoms with Gasteiger partial charge in [0.05, 0.1) is 5.56 Å². The van der Waals surface area contributed by atoms with Crippen molar-refractivity contribution in [3.63, 3.8) is 0 Å². The van der Waals surface area contributed by atoms with E-state index in [0.29, 0.717) is 12.1 Å². The van der Waals surface area contributed by atoms with E-state index < -0.39 is 5.97 Å². The quantitative estimate of drug-likeness (QED) is 0.720. The summed E-state index contributed by atoms with van der Waals surface area (Å²) in [4.78, 5) is 10.8. The Balaban J connectivity index is 1.70. The van der Waals surface area contributed by atoms with E-state index in [0.717, 1.165) is 5.69 Å². The first kappa shape index (κ1) is 14.9. The van der Waals surface area contributed by atoms with Gasteiger partial charge < -0.3 is 10.4 Å². The van der Waals surface area contributed by atoms with Crippen molar-refractivity contribution in [2.24, 2.45) is 0 Å². The highest BCUT2D eigenvalue weighted by Gasteiger charge is 2.02. The average Bonchev–Trinajstić information content (AvgIpc) is 2.61. The van der Waals surface area contributed by atoms with Gasteiger partial charge in [0.15, 0.2) is 0 Å². The summed E-state index contributed by atoms with van der Waals surface area (Å²) in [6, 6.07) is 25.4. The normalized spacial score (nSPS) is 10.3. The van der Waals surface area contributed by atoms with E-state index in [9.17, 15) is 4.79 Å². The van der Waals surface area contributed by atoms with Crippen LogP contribution in [0.2, 0.25) is 0 Å². The molecule has 0 heterocycles. The van der Waals surface area contributed by atoms with Crippen LogP contribution in [0.4, 0.5) is 5.69 Å². The van der Waals surface area contributed by atoms with E-state index in [4.69, 9.17) is 5.11 Å². The van der Waals surface area contributed by atoms with Crippen LogP contribution >= 0.6 is 0 Å². The zero-order chi connectivity index (χ0) is 16.1. The molecule has 0 saturated heterocycles. The predicted octanol–water partition coefficient (Wildman–Crippen LogP) is 4.66. The topological polar surface area (TPSA) is 49.3 Å². The molecule has 0 aliphatic rings. The first-order valence-electron chi connectivity index (χ1n) is 7.44. The van der Waals surface area contributed by atoms with E-state index >= 15 is 0 Å². The van der Waals surface area contributed by atoms with E-state index in [1.165, 1.54) is 16.7 Å². The molecule has 0 fully saturated rings. The minimum atomic E-state index is -0.910. The molecule has 2 N–H and O–H groups in total. The lowest BCUT2D eigenvalue weighted by molar-refractivity contribution is 0.0697. The first-order valence-corrected chi connectivity index (χ1v) is 7.44. The first-order chi connectivity index (χ1) is 11.2. The number of carboxylic acid groups (broad SMARTS) is 1. The fourth-order valence-electron chi connectivity index (χ4n) is 2.43. The van der Waals surface area contributed by atoms with Gasteiger partial charge in [-0.2, -0.15) is 0 Å². The van der Waals surface area contributed by atoms with Crippen molar-refractivity contribution >= 4 is 11.7 Å². The molecule has 3 nitrogen and oxygen atoms in total. The predicted molar refractivity (Wildman–Crippen MR) is 92.6 cm³/mol. The number of benzene rings is 3. The Labute approximate surface area is 135 Å². The number of rotatable bonds is 5. The second kappa shape index (κ2) is 6.79. The highest BCUT2D eigenvalue weighted by atomic mass is 16.4. The van der Waals surface area contributed by atoms with Gasteiger partial charge in [0.2, 0.25) is 0 Å². The number of anilines is 1. The Hall–Kier alpha value is -3.07. The summed E-state index contributed by atoms with van der Waals surface area (Å²) < 4.78 is 0. The third-order valence-corrected chi connectivity index (χ3v) is 3.66. The van der Waals surface area contributed by atoms with Crippen LogP contribution in [0.5, 0.6) is 0 Å². The molecule has 0 radical (unpaired) electrons. The second-order valence-electron chi connectivity index (χ2n) is 5.30. The van der Waals surface area contributed by atoms with Crippen molar-refractivity contribution in [3.8, 4) is 11.1 Å². The smallest absolute Gasteiger partial charge is 0.335 e. The maximum atomic E-state index is 10.8. The van der Waals surface area contributed by atoms with Crippen LogP contribution in [0, 0.1) is 0 Å². The summed E-state index contributed by atoms with van der Waals surface area (Å²) >= 11 is 0. The molecule has 0 unspecified atom stereocenters. The zero-order valence-corrected chi connectivity index (χ0v) is 12.6. The van der Waals surface area contributed by atoms with Crippen LogP contribution in [0.1, 0.15) is 15.9 Å². The Morgan fingerprint density at radius 1 is 0.826 bits per heavy atom. The van der Waals surface area contributed by atoms with Crippen LogP contribution < -0.4 is 5.32 Å². The number of hydrogen-bond acceptors (Lipinski definition) is 2. The van der Waals surface area contributed by atoms with Crippen molar-refractivity contribution in [1.82, 2.24) is 0 Å². The summed E-state index contributed by atoms with van der Waals surface area (Å²) in [6.07, 6.45) is 0. The molecule has 3 heteroatoms. The fourth-order valence-corrected chi connectivity index (χ4v) is 2.43. The summed E-state index contributed by atoms with van der Waals surface area (Å²) in [5, 5.41) is 12.2. The third-order valence-electron chi connectivity index (χ3n) is 3.66. The standard InChI is InChI=1S/C20H17NO2/c22-20(23)17-9-11-19(12-10-17)21-14-15-5-4-8-18(13-15)16-6-2-1-3-7-16/h1-13,21H,14H2,(H,22,23). The largest absolute Gasteiger partial charge is 0.478 e. The van der Waals surface area contributed by atoms with E-state index in [1.54, 1.807) is 24.3 Å². The average molecular weight is 303 g/mol. The summed E-state index contributed by atoms with van der Waals surface area (Å²) in [5.74, 6) is -0.910. The van der Waals surface area contributed by atoms with Gasteiger partial charge in [-0.05, 0) is 47.0 Å². The highest BCUT2D eigenvalue weighted by Crippen LogP contribution is 2.20. The van der Waals surface area contributed by atoms with Gasteiger partial charge in [0.25, 0.3) is 0 Å². The highest BCUT2D eigenvalue weighted by molar-refractivity contribution is 5.88. The van der Waals surface area contributed by atoms with Gasteiger partial charge in [0.1, 0.15) is 0 Å². The van der Waals surface area contributed by atoms with Gasteiger partial charge in [-0.15, -0.1) is 0 Å². The number of carboxylic acids is 1. The molecular formula is C20H17NO2. The van der Waals surface area contributed by atoms with Crippen molar-refractivity contribution in [3.05, 3.63) is 90.0 Å². The summed E-state index contributed by atoms with van der Waals surface area (Å²) in [5.41, 5.74) is 4.75. The van der Waals surface area contributed by atoms with Gasteiger partial charge in [0, 0.05) is 12.2 Å². The number of hydrogen-bond donors (Lipinski definition) is 2. The number of carbonyl (C=O) groups is 1. The molecule has 0 aliphatic carbocycles. The molecule has 0 atom stereocenters. The monoisotopic (exact) mass is 303 g/mol. The maximum absolute atomic E-state index is 10.8. The number of aromatic carboxylic acids is 1. The minimum absolute atomic E-state index is 0.293. The lowest BCUT2D eigenvalue weighted by Gasteiger charge is -2.09. The van der Waals surface area contributed by atoms with Crippen molar-refractivity contribution in [1.29, 1.82) is 0 Å². The number of nitrogens with one attached hydrogen (secondary N) is 1. The molecule has 0 aromatic heterocycles. The van der Waals surface area contributed by atoms with Crippen LogP contribution in [-0.2, 0) is 6.54 Å². The van der Waals surface area contributed by atoms with Crippen LogP contribution in [0.25, 0.3) is 11.1 Å². The molecular weight excluding hydrogens is 286 g/mol. The Morgan fingerprint density at radius 2 is 1.52 bits per heavy atom. The lowest BCUT2D eigenvalue weighted by atomic mass is 10.0. The Kier molecular flexibility index (Phi) is 4.39. The third kappa shape index (κ3) is 3.77. The van der Waals surface area contributed by atoms with E-state index in [1.807, 2.05) is 24.3 Å². The zero-order valence-electron chi connectivity index (χ0n) is 12.6. The molecule has 114 valence electrons. The van der Waals surface area contributed by atoms with Crippen molar-refractivity contribution < 1.29 is 9.90 Å². The Bertz CT molecular complexity index is 795. The van der Waals surface area contributed by atoms with Gasteiger partial charge in [-0.1, -0.05) is 48.5 Å². The SMILES string of the molecule is O=C(O)c1ccc(NCc2cccc(-c3ccccc3)c2)cc1. The molecule has 0 saturated carbocycles. The summed E-state index contributed by atoms with van der Waals surface area (Å²) in [6.45, 7) is 0.688. The molecule has 23 heavy (non-hydrogen) atoms. The van der Waals surface area contributed by atoms with Crippen LogP contribution in [0.3, 0.4) is 0 Å². The van der Waals surface area contributed by atoms with Gasteiger partial charge >= 0.3 is 5.97 Å². The van der Waals surface area contributed by atoms with E-state index in [-0.39, 0.29) is 0 Å². The molecule has 3 aromatic rings. The summed E-state index contributed by atoms with van der Waals surface area (Å²) in [7, 11) is 0. The lowest BCUT2D eigenvalue weighted by Crippen LogP contribution is -2.01. The molecule has 0 amide bonds. The maximum Gasteiger partial charge on any atom is 0.335 e. The van der Waals surface area contributed by atoms with E-state index in [2.05, 4.69) is 35.6 Å². The minimum Gasteiger partial charge on any atom is -0.478 e. The van der Waals surface area contributed by atoms with Crippen LogP contribution in [-0.4, -0.2) is 11.1 Å². The second-order valence-corrected chi connectivity index (χ2v) is 5.30. The van der Waals surface area contributed by atoms with Crippen LogP contribution in [0.15, 0.2) is 78.9 Å². The molecule has 0 bridgehead atoms.